The van der Waals surface area contributed by atoms with Gasteiger partial charge in [-0.3, -0.25) is 0 Å². The summed E-state index contributed by atoms with van der Waals surface area (Å²) in [5, 5.41) is 7.17. The lowest BCUT2D eigenvalue weighted by Gasteiger charge is -2.20. The highest BCUT2D eigenvalue weighted by Gasteiger charge is 2.23. The van der Waals surface area contributed by atoms with Crippen LogP contribution in [-0.2, 0) is 0 Å². The first-order chi connectivity index (χ1) is 25.8. The minimum absolute atomic E-state index is 0.880. The van der Waals surface area contributed by atoms with Crippen LogP contribution in [-0.4, -0.2) is 9.13 Å². The predicted molar refractivity (Wildman–Crippen MR) is 213 cm³/mol. The lowest BCUT2D eigenvalue weighted by Crippen LogP contribution is -2.03. The van der Waals surface area contributed by atoms with Crippen molar-refractivity contribution in [3.05, 3.63) is 170 Å². The number of benzene rings is 8. The first kappa shape index (κ1) is 27.7. The maximum absolute atomic E-state index is 6.33. The molecule has 52 heavy (non-hydrogen) atoms. The first-order valence-corrected chi connectivity index (χ1v) is 17.7. The summed E-state index contributed by atoms with van der Waals surface area (Å²) in [6.07, 6.45) is 0. The molecule has 0 atom stereocenters. The van der Waals surface area contributed by atoms with E-state index in [1.165, 1.54) is 54.8 Å². The number of hydrogen-bond acceptors (Lipinski definition) is 2. The van der Waals surface area contributed by atoms with E-state index in [1.807, 2.05) is 24.3 Å². The second-order valence-corrected chi connectivity index (χ2v) is 13.7. The smallest absolute Gasteiger partial charge is 0.152 e. The zero-order chi connectivity index (χ0) is 33.9. The maximum atomic E-state index is 6.33. The van der Waals surface area contributed by atoms with Crippen molar-refractivity contribution in [1.82, 2.24) is 9.13 Å². The number of aromatic nitrogens is 2. The van der Waals surface area contributed by atoms with Gasteiger partial charge in [0.05, 0.1) is 27.8 Å². The highest BCUT2D eigenvalue weighted by molar-refractivity contribution is 6.14. The van der Waals surface area contributed by atoms with E-state index in [-0.39, 0.29) is 0 Å². The summed E-state index contributed by atoms with van der Waals surface area (Å²) < 4.78 is 17.3. The number of ether oxygens (including phenoxy) is 1. The van der Waals surface area contributed by atoms with Gasteiger partial charge >= 0.3 is 0 Å². The van der Waals surface area contributed by atoms with E-state index in [4.69, 9.17) is 9.15 Å². The summed E-state index contributed by atoms with van der Waals surface area (Å²) in [6, 6.07) is 60.7. The van der Waals surface area contributed by atoms with Crippen LogP contribution in [0, 0.1) is 0 Å². The average Bonchev–Trinajstić information content (AvgIpc) is 3.86. The highest BCUT2D eigenvalue weighted by atomic mass is 16.5. The number of fused-ring (bicyclic) bond motifs is 11. The Labute approximate surface area is 297 Å². The van der Waals surface area contributed by atoms with Gasteiger partial charge in [-0.25, -0.2) is 0 Å². The van der Waals surface area contributed by atoms with Crippen molar-refractivity contribution in [1.29, 1.82) is 0 Å². The molecule has 4 nitrogen and oxygen atoms in total. The second-order valence-electron chi connectivity index (χ2n) is 13.7. The van der Waals surface area contributed by atoms with Gasteiger partial charge in [0.1, 0.15) is 11.2 Å². The largest absolute Gasteiger partial charge is 0.456 e. The van der Waals surface area contributed by atoms with Crippen molar-refractivity contribution in [2.24, 2.45) is 0 Å². The Morgan fingerprint density at radius 1 is 0.346 bits per heavy atom. The van der Waals surface area contributed by atoms with Gasteiger partial charge in [-0.1, -0.05) is 91.0 Å². The molecule has 1 aliphatic heterocycles. The molecule has 11 aromatic rings. The number of rotatable bonds is 3. The van der Waals surface area contributed by atoms with E-state index in [0.29, 0.717) is 0 Å². The highest BCUT2D eigenvalue weighted by Crippen LogP contribution is 2.46. The van der Waals surface area contributed by atoms with Crippen molar-refractivity contribution < 1.29 is 9.15 Å². The molecule has 8 aromatic carbocycles. The van der Waals surface area contributed by atoms with Crippen LogP contribution in [0.1, 0.15) is 0 Å². The predicted octanol–water partition coefficient (Wildman–Crippen LogP) is 13.2. The van der Waals surface area contributed by atoms with Crippen LogP contribution < -0.4 is 4.74 Å². The fourth-order valence-corrected chi connectivity index (χ4v) is 8.54. The van der Waals surface area contributed by atoms with Gasteiger partial charge < -0.3 is 18.3 Å². The Hall–Kier alpha value is -7.04. The van der Waals surface area contributed by atoms with E-state index in [9.17, 15) is 0 Å². The number of hydrogen-bond donors (Lipinski definition) is 0. The molecule has 4 heteroatoms. The van der Waals surface area contributed by atoms with E-state index in [0.717, 1.165) is 55.9 Å². The van der Waals surface area contributed by atoms with Gasteiger partial charge in [0.2, 0.25) is 0 Å². The van der Waals surface area contributed by atoms with Gasteiger partial charge in [0.15, 0.2) is 11.5 Å². The molecule has 1 aliphatic rings. The number of para-hydroxylation sites is 5. The SMILES string of the molecule is c1ccc2c(c1)Oc1cccc3c4cc(-c5ccc(-n6c7ccccc7c7cc(-c8ccc9c(c8)oc8ccccc89)ccc76)cc5)ccc4n-2c13. The van der Waals surface area contributed by atoms with Crippen LogP contribution in [0.3, 0.4) is 0 Å². The minimum Gasteiger partial charge on any atom is -0.456 e. The normalized spacial score (nSPS) is 12.4. The molecule has 0 bridgehead atoms. The Balaban J connectivity index is 0.957. The van der Waals surface area contributed by atoms with E-state index in [1.54, 1.807) is 0 Å². The summed E-state index contributed by atoms with van der Waals surface area (Å²) in [5.41, 5.74) is 13.4. The minimum atomic E-state index is 0.880. The summed E-state index contributed by atoms with van der Waals surface area (Å²) in [6.45, 7) is 0. The zero-order valence-electron chi connectivity index (χ0n) is 27.9. The Bertz CT molecular complexity index is 3270. The Morgan fingerprint density at radius 3 is 1.83 bits per heavy atom. The van der Waals surface area contributed by atoms with Crippen molar-refractivity contribution >= 4 is 65.6 Å². The quantitative estimate of drug-likeness (QED) is 0.188. The van der Waals surface area contributed by atoms with Crippen LogP contribution >= 0.6 is 0 Å². The Morgan fingerprint density at radius 2 is 0.942 bits per heavy atom. The molecule has 0 N–H and O–H groups in total. The molecule has 0 saturated carbocycles. The molecule has 0 aliphatic carbocycles. The molecule has 12 rings (SSSR count). The van der Waals surface area contributed by atoms with Crippen LogP contribution in [0.15, 0.2) is 174 Å². The fourth-order valence-electron chi connectivity index (χ4n) is 8.54. The van der Waals surface area contributed by atoms with Gasteiger partial charge in [-0.05, 0) is 101 Å². The van der Waals surface area contributed by atoms with Gasteiger partial charge in [-0.15, -0.1) is 0 Å². The summed E-state index contributed by atoms with van der Waals surface area (Å²) >= 11 is 0. The van der Waals surface area contributed by atoms with Gasteiger partial charge in [0.25, 0.3) is 0 Å². The summed E-state index contributed by atoms with van der Waals surface area (Å²) in [4.78, 5) is 0. The maximum Gasteiger partial charge on any atom is 0.152 e. The average molecular weight is 665 g/mol. The lowest BCUT2D eigenvalue weighted by molar-refractivity contribution is 0.476. The molecule has 0 unspecified atom stereocenters. The fraction of sp³-hybridized carbons (Fsp3) is 0. The van der Waals surface area contributed by atoms with E-state index < -0.39 is 0 Å². The molecule has 0 fully saturated rings. The molecular formula is C48H28N2O2. The van der Waals surface area contributed by atoms with Crippen LogP contribution in [0.5, 0.6) is 11.5 Å². The van der Waals surface area contributed by atoms with E-state index >= 15 is 0 Å². The summed E-state index contributed by atoms with van der Waals surface area (Å²) in [5.74, 6) is 1.77. The van der Waals surface area contributed by atoms with Crippen LogP contribution in [0.25, 0.3) is 99.2 Å². The second kappa shape index (κ2) is 10.3. The Kier molecular flexibility index (Phi) is 5.47. The third kappa shape index (κ3) is 3.81. The standard InChI is InChI=1S/C48H28N2O2/c1-3-11-40-34(8-1)38-27-31(32-18-23-36-35-9-2-5-13-44(35)51-47(36)28-32)20-24-41(38)49(40)33-21-16-29(17-22-33)30-19-25-42-39(26-30)37-10-7-15-46-48(37)50(42)43-12-4-6-14-45(43)52-46/h1-28H. The van der Waals surface area contributed by atoms with Crippen molar-refractivity contribution in [2.45, 2.75) is 0 Å². The molecule has 0 radical (unpaired) electrons. The van der Waals surface area contributed by atoms with Crippen molar-refractivity contribution in [2.75, 3.05) is 0 Å². The van der Waals surface area contributed by atoms with E-state index in [2.05, 4.69) is 155 Å². The topological polar surface area (TPSA) is 32.2 Å². The third-order valence-electron chi connectivity index (χ3n) is 10.9. The molecule has 0 saturated heterocycles. The third-order valence-corrected chi connectivity index (χ3v) is 10.9. The van der Waals surface area contributed by atoms with Crippen molar-refractivity contribution in [3.63, 3.8) is 0 Å². The molecule has 3 aromatic heterocycles. The molecule has 0 spiro atoms. The molecule has 4 heterocycles. The monoisotopic (exact) mass is 664 g/mol. The van der Waals surface area contributed by atoms with Gasteiger partial charge in [0, 0.05) is 38.0 Å². The molecule has 242 valence electrons. The number of nitrogens with zero attached hydrogens (tertiary/aromatic N) is 2. The summed E-state index contributed by atoms with van der Waals surface area (Å²) in [7, 11) is 0. The lowest BCUT2D eigenvalue weighted by atomic mass is 10.0. The van der Waals surface area contributed by atoms with Crippen LogP contribution in [0.2, 0.25) is 0 Å². The molecule has 0 amide bonds. The first-order valence-electron chi connectivity index (χ1n) is 17.7. The van der Waals surface area contributed by atoms with Crippen LogP contribution in [0.4, 0.5) is 0 Å². The zero-order valence-corrected chi connectivity index (χ0v) is 27.9. The number of furan rings is 1. The molecular weight excluding hydrogens is 637 g/mol. The van der Waals surface area contributed by atoms with Gasteiger partial charge in [-0.2, -0.15) is 0 Å². The van der Waals surface area contributed by atoms with Crippen molar-refractivity contribution in [3.8, 4) is 45.1 Å².